The number of para-hydroxylation sites is 1. The summed E-state index contributed by atoms with van der Waals surface area (Å²) in [7, 11) is 0. The fourth-order valence-corrected chi connectivity index (χ4v) is 5.44. The number of aryl methyl sites for hydroxylation is 1. The largest absolute Gasteiger partial charge is 0.396 e. The van der Waals surface area contributed by atoms with E-state index in [1.54, 1.807) is 11.3 Å². The first-order chi connectivity index (χ1) is 16.4. The molecular formula is C24H33N5O4S. The van der Waals surface area contributed by atoms with Crippen LogP contribution in [0.5, 0.6) is 0 Å². The van der Waals surface area contributed by atoms with Crippen LogP contribution < -0.4 is 10.6 Å². The average Bonchev–Trinajstić information content (AvgIpc) is 3.37. The lowest BCUT2D eigenvalue weighted by Crippen LogP contribution is -2.36. The molecule has 0 saturated heterocycles. The van der Waals surface area contributed by atoms with Crippen LogP contribution in [0.1, 0.15) is 32.4 Å². The summed E-state index contributed by atoms with van der Waals surface area (Å²) >= 11 is 1.55. The first-order valence-corrected chi connectivity index (χ1v) is 12.6. The minimum Gasteiger partial charge on any atom is -0.396 e. The van der Waals surface area contributed by atoms with Crippen LogP contribution in [0, 0.1) is 12.8 Å². The van der Waals surface area contributed by atoms with Crippen LogP contribution in [0.4, 0.5) is 11.8 Å². The van der Waals surface area contributed by atoms with Crippen molar-refractivity contribution in [2.45, 2.75) is 58.0 Å². The summed E-state index contributed by atoms with van der Waals surface area (Å²) in [6.45, 7) is 6.97. The van der Waals surface area contributed by atoms with Gasteiger partial charge in [-0.2, -0.15) is 4.98 Å². The van der Waals surface area contributed by atoms with E-state index in [0.717, 1.165) is 32.9 Å². The molecule has 1 fully saturated rings. The standard InChI is InChI=1S/C24H33N5O4S/c1-4-15(33-5-2)11-25-24-26-13(3)19(23-28-16-8-6-7-9-18(16)34-23)22(29-24)27-17-10-14(12-30)20(31)21(17)32/h6-9,14-15,17,20-21,30-32H,4-5,10-12H2,1-3H3,(H2,25,26,27,29)/t14-,15?,17-,20-,21+/m1/s1. The number of nitrogens with one attached hydrogen (secondary N) is 2. The summed E-state index contributed by atoms with van der Waals surface area (Å²) in [5, 5.41) is 37.8. The third kappa shape index (κ3) is 5.16. The summed E-state index contributed by atoms with van der Waals surface area (Å²) in [6.07, 6.45) is -0.679. The number of hydrogen-bond acceptors (Lipinski definition) is 10. The molecule has 0 aliphatic heterocycles. The molecule has 0 spiro atoms. The predicted octanol–water partition coefficient (Wildman–Crippen LogP) is 2.80. The highest BCUT2D eigenvalue weighted by atomic mass is 32.1. The van der Waals surface area contributed by atoms with Crippen LogP contribution >= 0.6 is 11.3 Å². The van der Waals surface area contributed by atoms with E-state index in [2.05, 4.69) is 22.5 Å². The maximum Gasteiger partial charge on any atom is 0.224 e. The molecule has 5 atom stereocenters. The maximum atomic E-state index is 10.6. The third-order valence-electron chi connectivity index (χ3n) is 6.30. The Labute approximate surface area is 203 Å². The maximum absolute atomic E-state index is 10.6. The van der Waals surface area contributed by atoms with Crippen molar-refractivity contribution in [1.29, 1.82) is 0 Å². The second-order valence-corrected chi connectivity index (χ2v) is 9.65. The van der Waals surface area contributed by atoms with Crippen molar-refractivity contribution in [2.75, 3.05) is 30.4 Å². The van der Waals surface area contributed by atoms with Gasteiger partial charge in [-0.1, -0.05) is 19.1 Å². The van der Waals surface area contributed by atoms with Crippen LogP contribution in [-0.4, -0.2) is 74.4 Å². The first kappa shape index (κ1) is 24.7. The molecule has 0 bridgehead atoms. The van der Waals surface area contributed by atoms with E-state index in [0.29, 0.717) is 31.3 Å². The zero-order chi connectivity index (χ0) is 24.2. The Morgan fingerprint density at radius 3 is 2.62 bits per heavy atom. The molecule has 2 aromatic heterocycles. The molecule has 1 aromatic carbocycles. The quantitative estimate of drug-likeness (QED) is 0.293. The number of fused-ring (bicyclic) bond motifs is 1. The van der Waals surface area contributed by atoms with E-state index in [1.165, 1.54) is 0 Å². The van der Waals surface area contributed by atoms with Crippen molar-refractivity contribution in [2.24, 2.45) is 5.92 Å². The third-order valence-corrected chi connectivity index (χ3v) is 7.36. The topological polar surface area (TPSA) is 133 Å². The molecule has 2 heterocycles. The fourth-order valence-electron chi connectivity index (χ4n) is 4.38. The van der Waals surface area contributed by atoms with Crippen LogP contribution in [0.15, 0.2) is 24.3 Å². The molecule has 184 valence electrons. The Kier molecular flexibility index (Phi) is 7.95. The molecule has 0 radical (unpaired) electrons. The first-order valence-electron chi connectivity index (χ1n) is 11.8. The second-order valence-electron chi connectivity index (χ2n) is 8.62. The van der Waals surface area contributed by atoms with Gasteiger partial charge in [0.1, 0.15) is 16.9 Å². The van der Waals surface area contributed by atoms with E-state index in [1.807, 2.05) is 38.1 Å². The van der Waals surface area contributed by atoms with Gasteiger partial charge >= 0.3 is 0 Å². The molecule has 0 amide bonds. The van der Waals surface area contributed by atoms with Crippen molar-refractivity contribution in [3.63, 3.8) is 0 Å². The number of benzene rings is 1. The van der Waals surface area contributed by atoms with Gasteiger partial charge in [-0.05, 0) is 38.8 Å². The normalized spacial score (nSPS) is 23.4. The molecular weight excluding hydrogens is 454 g/mol. The van der Waals surface area contributed by atoms with E-state index >= 15 is 0 Å². The minimum absolute atomic E-state index is 0.0476. The van der Waals surface area contributed by atoms with Crippen LogP contribution in [0.2, 0.25) is 0 Å². The number of aliphatic hydroxyl groups is 3. The highest BCUT2D eigenvalue weighted by Gasteiger charge is 2.41. The van der Waals surface area contributed by atoms with Crippen LogP contribution in [-0.2, 0) is 4.74 Å². The highest BCUT2D eigenvalue weighted by Crippen LogP contribution is 2.38. The molecule has 34 heavy (non-hydrogen) atoms. The van der Waals surface area contributed by atoms with E-state index in [4.69, 9.17) is 14.7 Å². The summed E-state index contributed by atoms with van der Waals surface area (Å²) in [6, 6.07) is 7.46. The molecule has 9 nitrogen and oxygen atoms in total. The fraction of sp³-hybridized carbons (Fsp3) is 0.542. The van der Waals surface area contributed by atoms with Crippen molar-refractivity contribution in [1.82, 2.24) is 15.0 Å². The van der Waals surface area contributed by atoms with Gasteiger partial charge in [-0.15, -0.1) is 11.3 Å². The number of ether oxygens (including phenoxy) is 1. The SMILES string of the molecule is CCOC(CC)CNc1nc(C)c(-c2nc3ccccc3s2)c(N[C@@H]2C[C@H](CO)[C@@H](O)[C@H]2O)n1. The van der Waals surface area contributed by atoms with Crippen molar-refractivity contribution in [3.8, 4) is 10.6 Å². The lowest BCUT2D eigenvalue weighted by Gasteiger charge is -2.22. The molecule has 1 aliphatic rings. The lowest BCUT2D eigenvalue weighted by atomic mass is 10.1. The van der Waals surface area contributed by atoms with Crippen LogP contribution in [0.3, 0.4) is 0 Å². The summed E-state index contributed by atoms with van der Waals surface area (Å²) < 4.78 is 6.79. The lowest BCUT2D eigenvalue weighted by molar-refractivity contribution is 0.00446. The monoisotopic (exact) mass is 487 g/mol. The molecule has 1 saturated carbocycles. The van der Waals surface area contributed by atoms with Gasteiger partial charge in [0.2, 0.25) is 5.95 Å². The number of thiazole rings is 1. The van der Waals surface area contributed by atoms with Gasteiger partial charge in [-0.3, -0.25) is 0 Å². The number of aliphatic hydroxyl groups excluding tert-OH is 3. The minimum atomic E-state index is -1.02. The van der Waals surface area contributed by atoms with Gasteiger partial charge < -0.3 is 30.7 Å². The second kappa shape index (κ2) is 10.9. The van der Waals surface area contributed by atoms with Gasteiger partial charge in [0.05, 0.1) is 39.7 Å². The molecule has 1 unspecified atom stereocenters. The number of rotatable bonds is 10. The zero-order valence-electron chi connectivity index (χ0n) is 19.7. The average molecular weight is 488 g/mol. The molecule has 1 aliphatic carbocycles. The van der Waals surface area contributed by atoms with E-state index in [-0.39, 0.29) is 12.7 Å². The predicted molar refractivity (Wildman–Crippen MR) is 134 cm³/mol. The van der Waals surface area contributed by atoms with Crippen molar-refractivity contribution < 1.29 is 20.1 Å². The Morgan fingerprint density at radius 1 is 1.15 bits per heavy atom. The Morgan fingerprint density at radius 2 is 1.94 bits per heavy atom. The van der Waals surface area contributed by atoms with Gasteiger partial charge in [0.15, 0.2) is 0 Å². The molecule has 10 heteroatoms. The molecule has 4 rings (SSSR count). The van der Waals surface area contributed by atoms with Gasteiger partial charge in [-0.25, -0.2) is 9.97 Å². The Balaban J connectivity index is 1.69. The number of anilines is 2. The highest BCUT2D eigenvalue weighted by molar-refractivity contribution is 7.21. The van der Waals surface area contributed by atoms with Gasteiger partial charge in [0.25, 0.3) is 0 Å². The Hall–Kier alpha value is -2.37. The van der Waals surface area contributed by atoms with Crippen molar-refractivity contribution in [3.05, 3.63) is 30.0 Å². The zero-order valence-corrected chi connectivity index (χ0v) is 20.5. The summed E-state index contributed by atoms with van der Waals surface area (Å²) in [5.41, 5.74) is 2.40. The molecule has 3 aromatic rings. The van der Waals surface area contributed by atoms with E-state index < -0.39 is 24.2 Å². The number of nitrogens with zero attached hydrogens (tertiary/aromatic N) is 3. The van der Waals surface area contributed by atoms with Crippen molar-refractivity contribution >= 4 is 33.3 Å². The summed E-state index contributed by atoms with van der Waals surface area (Å²) in [5.74, 6) is 0.596. The summed E-state index contributed by atoms with van der Waals surface area (Å²) in [4.78, 5) is 14.2. The van der Waals surface area contributed by atoms with E-state index in [9.17, 15) is 15.3 Å². The molecule has 5 N–H and O–H groups in total. The smallest absolute Gasteiger partial charge is 0.224 e. The van der Waals surface area contributed by atoms with Crippen LogP contribution in [0.25, 0.3) is 20.8 Å². The Bertz CT molecular complexity index is 1080. The number of hydrogen-bond donors (Lipinski definition) is 5. The van der Waals surface area contributed by atoms with Gasteiger partial charge in [0, 0.05) is 25.7 Å². The number of aromatic nitrogens is 3.